The van der Waals surface area contributed by atoms with Crippen molar-refractivity contribution in [3.05, 3.63) is 84.4 Å². The molecule has 1 aliphatic rings. The van der Waals surface area contributed by atoms with Crippen molar-refractivity contribution in [2.24, 2.45) is 0 Å². The summed E-state index contributed by atoms with van der Waals surface area (Å²) in [6.07, 6.45) is 8.48. The first-order chi connectivity index (χ1) is 13.9. The first kappa shape index (κ1) is 14.3. The molecule has 2 aromatic carbocycles. The lowest BCUT2D eigenvalue weighted by atomic mass is 9.99. The number of hydrogen-bond donors (Lipinski definition) is 0. The van der Waals surface area contributed by atoms with E-state index >= 15 is 0 Å². The highest BCUT2D eigenvalue weighted by Crippen LogP contribution is 2.41. The zero-order valence-electron chi connectivity index (χ0n) is 14.9. The highest BCUT2D eigenvalue weighted by molar-refractivity contribution is 6.15. The fourth-order valence-electron chi connectivity index (χ4n) is 4.73. The third-order valence-electron chi connectivity index (χ3n) is 5.96. The lowest BCUT2D eigenvalue weighted by Crippen LogP contribution is -1.93. The molecule has 130 valence electrons. The molecule has 0 aliphatic heterocycles. The first-order valence-corrected chi connectivity index (χ1v) is 9.41. The minimum absolute atomic E-state index is 0.962. The summed E-state index contributed by atoms with van der Waals surface area (Å²) in [7, 11) is 0. The van der Waals surface area contributed by atoms with Crippen molar-refractivity contribution in [3.8, 4) is 11.1 Å². The van der Waals surface area contributed by atoms with Gasteiger partial charge in [-0.1, -0.05) is 24.3 Å². The molecule has 4 nitrogen and oxygen atoms in total. The van der Waals surface area contributed by atoms with Crippen molar-refractivity contribution < 1.29 is 0 Å². The van der Waals surface area contributed by atoms with E-state index in [-0.39, 0.29) is 0 Å². The van der Waals surface area contributed by atoms with Crippen LogP contribution in [0.4, 0.5) is 0 Å². The van der Waals surface area contributed by atoms with Crippen LogP contribution in [-0.2, 0) is 6.42 Å². The molecule has 4 heteroatoms. The fraction of sp³-hybridized carbons (Fsp3) is 0.0417. The van der Waals surface area contributed by atoms with Gasteiger partial charge >= 0.3 is 0 Å². The van der Waals surface area contributed by atoms with Crippen molar-refractivity contribution in [1.29, 1.82) is 0 Å². The number of aromatic nitrogens is 4. The van der Waals surface area contributed by atoms with Crippen molar-refractivity contribution in [2.75, 3.05) is 0 Å². The smallest absolute Gasteiger partial charge is 0.146 e. The molecule has 0 N–H and O–H groups in total. The highest BCUT2D eigenvalue weighted by atomic mass is 15.0. The molecule has 0 amide bonds. The summed E-state index contributed by atoms with van der Waals surface area (Å²) in [5.74, 6) is 0. The molecule has 0 atom stereocenters. The zero-order valence-corrected chi connectivity index (χ0v) is 14.9. The molecule has 4 aromatic heterocycles. The molecule has 0 unspecified atom stereocenters. The van der Waals surface area contributed by atoms with Gasteiger partial charge < -0.3 is 0 Å². The van der Waals surface area contributed by atoms with Gasteiger partial charge in [0.1, 0.15) is 5.65 Å². The maximum atomic E-state index is 4.97. The predicted molar refractivity (Wildman–Crippen MR) is 112 cm³/mol. The molecule has 6 aromatic rings. The van der Waals surface area contributed by atoms with Crippen LogP contribution in [0, 0.1) is 0 Å². The average Bonchev–Trinajstić information content (AvgIpc) is 3.31. The molecule has 4 heterocycles. The summed E-state index contributed by atoms with van der Waals surface area (Å²) in [5.41, 5.74) is 9.51. The quantitative estimate of drug-likeness (QED) is 0.352. The van der Waals surface area contributed by atoms with Crippen molar-refractivity contribution >= 4 is 38.4 Å². The lowest BCUT2D eigenvalue weighted by molar-refractivity contribution is 1.25. The van der Waals surface area contributed by atoms with E-state index in [1.165, 1.54) is 33.0 Å². The van der Waals surface area contributed by atoms with Crippen LogP contribution in [0.15, 0.2) is 73.3 Å². The molecular weight excluding hydrogens is 344 g/mol. The van der Waals surface area contributed by atoms with Gasteiger partial charge in [0.2, 0.25) is 0 Å². The number of fused-ring (bicyclic) bond motifs is 11. The van der Waals surface area contributed by atoms with Crippen LogP contribution in [0.2, 0.25) is 0 Å². The van der Waals surface area contributed by atoms with E-state index in [9.17, 15) is 0 Å². The van der Waals surface area contributed by atoms with Gasteiger partial charge in [-0.25, -0.2) is 4.98 Å². The summed E-state index contributed by atoms with van der Waals surface area (Å²) in [6.45, 7) is 0. The van der Waals surface area contributed by atoms with Gasteiger partial charge in [-0.2, -0.15) is 0 Å². The second kappa shape index (κ2) is 4.93. The Kier molecular flexibility index (Phi) is 2.51. The number of benzene rings is 2. The molecule has 0 bridgehead atoms. The third-order valence-corrected chi connectivity index (χ3v) is 5.96. The van der Waals surface area contributed by atoms with Crippen molar-refractivity contribution in [2.45, 2.75) is 6.42 Å². The van der Waals surface area contributed by atoms with Gasteiger partial charge in [0.05, 0.1) is 22.7 Å². The zero-order chi connectivity index (χ0) is 18.2. The SMILES string of the molecule is c1ccc2c(c1)Cc1cc3c(cc1-2)c1cnccc1n1c2cnccc2nc31. The fourth-order valence-corrected chi connectivity index (χ4v) is 4.73. The molecule has 0 spiro atoms. The Morgan fingerprint density at radius 3 is 2.61 bits per heavy atom. The average molecular weight is 358 g/mol. The van der Waals surface area contributed by atoms with Gasteiger partial charge in [0, 0.05) is 29.4 Å². The van der Waals surface area contributed by atoms with Gasteiger partial charge in [0.15, 0.2) is 0 Å². The van der Waals surface area contributed by atoms with E-state index in [1.54, 1.807) is 6.20 Å². The van der Waals surface area contributed by atoms with Crippen LogP contribution in [0.3, 0.4) is 0 Å². The largest absolute Gasteiger partial charge is 0.290 e. The molecule has 1 aliphatic carbocycles. The van der Waals surface area contributed by atoms with Gasteiger partial charge in [0.25, 0.3) is 0 Å². The maximum Gasteiger partial charge on any atom is 0.146 e. The topological polar surface area (TPSA) is 43.1 Å². The van der Waals surface area contributed by atoms with Crippen LogP contribution in [-0.4, -0.2) is 19.4 Å². The molecule has 28 heavy (non-hydrogen) atoms. The monoisotopic (exact) mass is 358 g/mol. The maximum absolute atomic E-state index is 4.97. The van der Waals surface area contributed by atoms with Crippen LogP contribution in [0.25, 0.3) is 49.5 Å². The minimum Gasteiger partial charge on any atom is -0.290 e. The Hall–Kier alpha value is -3.79. The van der Waals surface area contributed by atoms with Gasteiger partial charge in [-0.15, -0.1) is 0 Å². The molecule has 0 fully saturated rings. The van der Waals surface area contributed by atoms with E-state index < -0.39 is 0 Å². The summed E-state index contributed by atoms with van der Waals surface area (Å²) in [4.78, 5) is 13.7. The Labute approximate surface area is 160 Å². The van der Waals surface area contributed by atoms with E-state index in [4.69, 9.17) is 4.98 Å². The molecule has 0 saturated carbocycles. The Balaban J connectivity index is 1.74. The van der Waals surface area contributed by atoms with Gasteiger partial charge in [-0.3, -0.25) is 14.4 Å². The number of imidazole rings is 1. The van der Waals surface area contributed by atoms with E-state index in [1.807, 2.05) is 24.7 Å². The summed E-state index contributed by atoms with van der Waals surface area (Å²) < 4.78 is 2.22. The minimum atomic E-state index is 0.962. The second-order valence-electron chi connectivity index (χ2n) is 7.42. The van der Waals surface area contributed by atoms with Crippen molar-refractivity contribution in [1.82, 2.24) is 19.4 Å². The standard InChI is InChI=1S/C24H14N4/c1-2-4-16-14(3-1)9-15-10-19-18(11-17(15)16)20-12-25-8-6-22(20)28-23-13-26-7-5-21(23)27-24(19)28/h1-8,10-13H,9H2. The number of hydrogen-bond acceptors (Lipinski definition) is 3. The third kappa shape index (κ3) is 1.68. The van der Waals surface area contributed by atoms with Crippen LogP contribution < -0.4 is 0 Å². The Morgan fingerprint density at radius 1 is 0.714 bits per heavy atom. The van der Waals surface area contributed by atoms with Crippen molar-refractivity contribution in [3.63, 3.8) is 0 Å². The normalized spacial score (nSPS) is 12.9. The first-order valence-electron chi connectivity index (χ1n) is 9.41. The number of rotatable bonds is 0. The lowest BCUT2D eigenvalue weighted by Gasteiger charge is -2.11. The van der Waals surface area contributed by atoms with E-state index in [0.717, 1.165) is 34.0 Å². The van der Waals surface area contributed by atoms with Crippen LogP contribution in [0.1, 0.15) is 11.1 Å². The molecule has 0 saturated heterocycles. The predicted octanol–water partition coefficient (Wildman–Crippen LogP) is 5.16. The Morgan fingerprint density at radius 2 is 1.61 bits per heavy atom. The molecule has 7 rings (SSSR count). The molecule has 0 radical (unpaired) electrons. The summed E-state index contributed by atoms with van der Waals surface area (Å²) in [5, 5.41) is 3.51. The second-order valence-corrected chi connectivity index (χ2v) is 7.42. The molecular formula is C24H14N4. The summed E-state index contributed by atoms with van der Waals surface area (Å²) >= 11 is 0. The van der Waals surface area contributed by atoms with E-state index in [0.29, 0.717) is 0 Å². The Bertz CT molecular complexity index is 1590. The number of nitrogens with zero attached hydrogens (tertiary/aromatic N) is 4. The van der Waals surface area contributed by atoms with E-state index in [2.05, 4.69) is 56.8 Å². The van der Waals surface area contributed by atoms with Crippen LogP contribution >= 0.6 is 0 Å². The highest BCUT2D eigenvalue weighted by Gasteiger charge is 2.21. The van der Waals surface area contributed by atoms with Gasteiger partial charge in [-0.05, 0) is 58.3 Å². The summed E-state index contributed by atoms with van der Waals surface area (Å²) in [6, 6.07) is 17.4. The number of pyridine rings is 3. The van der Waals surface area contributed by atoms with Crippen LogP contribution in [0.5, 0.6) is 0 Å².